The van der Waals surface area contributed by atoms with Crippen LogP contribution in [0.5, 0.6) is 0 Å². The third kappa shape index (κ3) is 5.88. The standard InChI is InChI=1S/C20H19N3O5S2/c24-18(22-17(19(25)26)11-14-7-3-1-4-8-14)12-15-13-29-20(21-15)23-30(27,28)16-9-5-2-6-10-16/h1-10,13,17H,11-12H2,(H,21,23)(H,22,24)(H,25,26). The number of nitrogens with one attached hydrogen (secondary N) is 2. The number of amides is 1. The van der Waals surface area contributed by atoms with Crippen LogP contribution in [-0.2, 0) is 32.5 Å². The molecule has 0 fully saturated rings. The highest BCUT2D eigenvalue weighted by molar-refractivity contribution is 7.93. The van der Waals surface area contributed by atoms with Crippen LogP contribution in [0.1, 0.15) is 11.3 Å². The molecule has 0 radical (unpaired) electrons. The molecule has 2 aromatic carbocycles. The minimum atomic E-state index is -3.77. The molecule has 1 atom stereocenters. The predicted molar refractivity (Wildman–Crippen MR) is 113 cm³/mol. The third-order valence-corrected chi connectivity index (χ3v) is 6.38. The lowest BCUT2D eigenvalue weighted by Gasteiger charge is -2.14. The Labute approximate surface area is 177 Å². The number of nitrogens with zero attached hydrogens (tertiary/aromatic N) is 1. The number of aromatic nitrogens is 1. The quantitative estimate of drug-likeness (QED) is 0.464. The van der Waals surface area contributed by atoms with Crippen molar-refractivity contribution in [3.8, 4) is 0 Å². The molecule has 1 amide bonds. The SMILES string of the molecule is O=C(Cc1csc(NS(=O)(=O)c2ccccc2)n1)NC(Cc1ccccc1)C(=O)O. The van der Waals surface area contributed by atoms with Crippen LogP contribution in [0.25, 0.3) is 0 Å². The van der Waals surface area contributed by atoms with E-state index in [9.17, 15) is 23.1 Å². The molecule has 3 aromatic rings. The van der Waals surface area contributed by atoms with Gasteiger partial charge in [-0.1, -0.05) is 48.5 Å². The van der Waals surface area contributed by atoms with E-state index in [0.29, 0.717) is 5.69 Å². The van der Waals surface area contributed by atoms with E-state index in [1.165, 1.54) is 12.1 Å². The van der Waals surface area contributed by atoms with Crippen LogP contribution in [-0.4, -0.2) is 36.4 Å². The summed E-state index contributed by atoms with van der Waals surface area (Å²) in [4.78, 5) is 28.0. The van der Waals surface area contributed by atoms with Crippen molar-refractivity contribution in [3.63, 3.8) is 0 Å². The summed E-state index contributed by atoms with van der Waals surface area (Å²) in [7, 11) is -3.77. The average Bonchev–Trinajstić information content (AvgIpc) is 3.14. The number of carboxylic acids is 1. The summed E-state index contributed by atoms with van der Waals surface area (Å²) < 4.78 is 27.0. The summed E-state index contributed by atoms with van der Waals surface area (Å²) in [5.74, 6) is -1.65. The van der Waals surface area contributed by atoms with E-state index in [2.05, 4.69) is 15.0 Å². The van der Waals surface area contributed by atoms with Gasteiger partial charge in [-0.05, 0) is 17.7 Å². The molecule has 0 spiro atoms. The van der Waals surface area contributed by atoms with Crippen LogP contribution < -0.4 is 10.0 Å². The van der Waals surface area contributed by atoms with Gasteiger partial charge in [-0.15, -0.1) is 11.3 Å². The lowest BCUT2D eigenvalue weighted by Crippen LogP contribution is -2.43. The zero-order valence-electron chi connectivity index (χ0n) is 15.7. The fraction of sp³-hybridized carbons (Fsp3) is 0.150. The van der Waals surface area contributed by atoms with E-state index >= 15 is 0 Å². The maximum Gasteiger partial charge on any atom is 0.326 e. The summed E-state index contributed by atoms with van der Waals surface area (Å²) in [6.45, 7) is 0. The van der Waals surface area contributed by atoms with E-state index < -0.39 is 27.9 Å². The maximum atomic E-state index is 12.3. The Morgan fingerprint density at radius 1 is 1.03 bits per heavy atom. The number of carboxylic acid groups (broad SMARTS) is 1. The summed E-state index contributed by atoms with van der Waals surface area (Å²) in [5.41, 5.74) is 1.13. The normalized spacial score (nSPS) is 12.1. The molecule has 3 rings (SSSR count). The van der Waals surface area contributed by atoms with Crippen LogP contribution in [0.4, 0.5) is 5.13 Å². The first-order valence-electron chi connectivity index (χ1n) is 8.92. The van der Waals surface area contributed by atoms with Crippen molar-refractivity contribution in [2.75, 3.05) is 4.72 Å². The summed E-state index contributed by atoms with van der Waals surface area (Å²) in [5, 5.41) is 13.5. The number of hydrogen-bond donors (Lipinski definition) is 3. The van der Waals surface area contributed by atoms with Gasteiger partial charge in [-0.3, -0.25) is 9.52 Å². The minimum absolute atomic E-state index is 0.102. The molecule has 156 valence electrons. The van der Waals surface area contributed by atoms with Crippen molar-refractivity contribution in [2.24, 2.45) is 0 Å². The number of anilines is 1. The number of thiazole rings is 1. The fourth-order valence-corrected chi connectivity index (χ4v) is 4.65. The summed E-state index contributed by atoms with van der Waals surface area (Å²) in [6, 6.07) is 15.8. The number of sulfonamides is 1. The van der Waals surface area contributed by atoms with Gasteiger partial charge in [-0.2, -0.15) is 0 Å². The van der Waals surface area contributed by atoms with Crippen LogP contribution in [0.15, 0.2) is 70.9 Å². The van der Waals surface area contributed by atoms with Crippen molar-refractivity contribution in [1.29, 1.82) is 0 Å². The molecule has 0 aliphatic heterocycles. The Bertz CT molecular complexity index is 1120. The molecule has 1 unspecified atom stereocenters. The molecule has 0 saturated carbocycles. The van der Waals surface area contributed by atoms with Gasteiger partial charge in [0.05, 0.1) is 17.0 Å². The monoisotopic (exact) mass is 445 g/mol. The lowest BCUT2D eigenvalue weighted by molar-refractivity contribution is -0.141. The van der Waals surface area contributed by atoms with Crippen LogP contribution >= 0.6 is 11.3 Å². The Kier molecular flexibility index (Phi) is 6.80. The van der Waals surface area contributed by atoms with Gasteiger partial charge < -0.3 is 10.4 Å². The topological polar surface area (TPSA) is 125 Å². The molecule has 30 heavy (non-hydrogen) atoms. The first-order chi connectivity index (χ1) is 14.3. The van der Waals surface area contributed by atoms with Crippen LogP contribution in [0, 0.1) is 0 Å². The number of aliphatic carboxylic acids is 1. The van der Waals surface area contributed by atoms with Gasteiger partial charge in [-0.25, -0.2) is 18.2 Å². The number of rotatable bonds is 9. The van der Waals surface area contributed by atoms with E-state index in [-0.39, 0.29) is 22.9 Å². The van der Waals surface area contributed by atoms with E-state index in [1.54, 1.807) is 47.8 Å². The third-order valence-electron chi connectivity index (χ3n) is 4.08. The molecular weight excluding hydrogens is 426 g/mol. The number of benzene rings is 2. The van der Waals surface area contributed by atoms with Gasteiger partial charge in [0.2, 0.25) is 5.91 Å². The van der Waals surface area contributed by atoms with E-state index in [4.69, 9.17) is 0 Å². The van der Waals surface area contributed by atoms with Crippen molar-refractivity contribution >= 4 is 38.4 Å². The zero-order chi connectivity index (χ0) is 21.6. The largest absolute Gasteiger partial charge is 0.480 e. The number of carbonyl (C=O) groups excluding carboxylic acids is 1. The molecule has 0 bridgehead atoms. The van der Waals surface area contributed by atoms with E-state index in [1.807, 2.05) is 6.07 Å². The van der Waals surface area contributed by atoms with Gasteiger partial charge in [0, 0.05) is 11.8 Å². The molecular formula is C20H19N3O5S2. The van der Waals surface area contributed by atoms with Crippen molar-refractivity contribution < 1.29 is 23.1 Å². The Balaban J connectivity index is 1.60. The number of carbonyl (C=O) groups is 2. The molecule has 1 heterocycles. The Morgan fingerprint density at radius 3 is 2.30 bits per heavy atom. The lowest BCUT2D eigenvalue weighted by atomic mass is 10.1. The smallest absolute Gasteiger partial charge is 0.326 e. The van der Waals surface area contributed by atoms with E-state index in [0.717, 1.165) is 16.9 Å². The van der Waals surface area contributed by atoms with Crippen LogP contribution in [0.3, 0.4) is 0 Å². The van der Waals surface area contributed by atoms with Gasteiger partial charge in [0.15, 0.2) is 5.13 Å². The summed E-state index contributed by atoms with van der Waals surface area (Å²) >= 11 is 1.04. The van der Waals surface area contributed by atoms with Crippen molar-refractivity contribution in [2.45, 2.75) is 23.8 Å². The molecule has 10 heteroatoms. The maximum absolute atomic E-state index is 12.3. The second-order valence-electron chi connectivity index (χ2n) is 6.39. The first-order valence-corrected chi connectivity index (χ1v) is 11.3. The molecule has 3 N–H and O–H groups in total. The van der Waals surface area contributed by atoms with Gasteiger partial charge in [0.1, 0.15) is 6.04 Å². The highest BCUT2D eigenvalue weighted by Crippen LogP contribution is 2.20. The minimum Gasteiger partial charge on any atom is -0.480 e. The highest BCUT2D eigenvalue weighted by atomic mass is 32.2. The zero-order valence-corrected chi connectivity index (χ0v) is 17.3. The predicted octanol–water partition coefficient (Wildman–Crippen LogP) is 2.30. The fourth-order valence-electron chi connectivity index (χ4n) is 2.67. The molecule has 0 aliphatic carbocycles. The number of hydrogen-bond acceptors (Lipinski definition) is 6. The van der Waals surface area contributed by atoms with Crippen molar-refractivity contribution in [3.05, 3.63) is 77.3 Å². The molecule has 1 aromatic heterocycles. The summed E-state index contributed by atoms with van der Waals surface area (Å²) in [6.07, 6.45) is -0.0107. The first kappa shape index (κ1) is 21.5. The molecule has 0 aliphatic rings. The second-order valence-corrected chi connectivity index (χ2v) is 8.93. The van der Waals surface area contributed by atoms with Gasteiger partial charge in [0.25, 0.3) is 10.0 Å². The van der Waals surface area contributed by atoms with Crippen LogP contribution in [0.2, 0.25) is 0 Å². The Hall–Kier alpha value is -3.24. The highest BCUT2D eigenvalue weighted by Gasteiger charge is 2.21. The average molecular weight is 446 g/mol. The van der Waals surface area contributed by atoms with Gasteiger partial charge >= 0.3 is 5.97 Å². The molecule has 8 nitrogen and oxygen atoms in total. The molecule has 0 saturated heterocycles. The Morgan fingerprint density at radius 2 is 1.67 bits per heavy atom. The van der Waals surface area contributed by atoms with Crippen molar-refractivity contribution in [1.82, 2.24) is 10.3 Å². The second kappa shape index (κ2) is 9.51.